The number of nitrogens with zero attached hydrogens (tertiary/aromatic N) is 3. The Bertz CT molecular complexity index is 692. The van der Waals surface area contributed by atoms with E-state index in [4.69, 9.17) is 5.73 Å². The van der Waals surface area contributed by atoms with E-state index in [0.717, 1.165) is 49.0 Å². The SMILES string of the molecule is Cc1ncc(CN2CCN(C(=O)CCc3ccccc3N)CC2)s1. The quantitative estimate of drug-likeness (QED) is 0.846. The molecule has 1 aromatic heterocycles. The fraction of sp³-hybridized carbons (Fsp3) is 0.444. The van der Waals surface area contributed by atoms with Crippen LogP contribution in [0.15, 0.2) is 30.5 Å². The fourth-order valence-corrected chi connectivity index (χ4v) is 3.85. The number of nitrogens with two attached hydrogens (primary N) is 1. The number of hydrogen-bond donors (Lipinski definition) is 1. The third kappa shape index (κ3) is 4.33. The summed E-state index contributed by atoms with van der Waals surface area (Å²) in [4.78, 5) is 22.4. The van der Waals surface area contributed by atoms with Crippen LogP contribution in [0, 0.1) is 6.92 Å². The predicted molar refractivity (Wildman–Crippen MR) is 97.9 cm³/mol. The molecular weight excluding hydrogens is 320 g/mol. The molecular formula is C18H24N4OS. The number of piperazine rings is 1. The van der Waals surface area contributed by atoms with E-state index in [2.05, 4.69) is 9.88 Å². The van der Waals surface area contributed by atoms with Gasteiger partial charge in [0.25, 0.3) is 0 Å². The van der Waals surface area contributed by atoms with Gasteiger partial charge in [0.15, 0.2) is 0 Å². The molecule has 1 amide bonds. The fourth-order valence-electron chi connectivity index (χ4n) is 3.02. The van der Waals surface area contributed by atoms with Gasteiger partial charge in [0.2, 0.25) is 5.91 Å². The molecule has 1 saturated heterocycles. The molecule has 0 bridgehead atoms. The second-order valence-electron chi connectivity index (χ2n) is 6.20. The maximum Gasteiger partial charge on any atom is 0.222 e. The van der Waals surface area contributed by atoms with Gasteiger partial charge in [-0.3, -0.25) is 9.69 Å². The van der Waals surface area contributed by atoms with Gasteiger partial charge < -0.3 is 10.6 Å². The van der Waals surface area contributed by atoms with Crippen LogP contribution >= 0.6 is 11.3 Å². The third-order valence-electron chi connectivity index (χ3n) is 4.44. The highest BCUT2D eigenvalue weighted by molar-refractivity contribution is 7.11. The standard InChI is InChI=1S/C18H24N4OS/c1-14-20-12-16(24-14)13-21-8-10-22(11-9-21)18(23)7-6-15-4-2-3-5-17(15)19/h2-5,12H,6-11,13,19H2,1H3. The van der Waals surface area contributed by atoms with Crippen molar-refractivity contribution in [2.75, 3.05) is 31.9 Å². The van der Waals surface area contributed by atoms with E-state index in [9.17, 15) is 4.79 Å². The maximum absolute atomic E-state index is 12.4. The molecule has 2 aromatic rings. The Labute approximate surface area is 147 Å². The van der Waals surface area contributed by atoms with Crippen molar-refractivity contribution in [2.45, 2.75) is 26.3 Å². The summed E-state index contributed by atoms with van der Waals surface area (Å²) in [6, 6.07) is 7.78. The van der Waals surface area contributed by atoms with Crippen molar-refractivity contribution in [3.63, 3.8) is 0 Å². The van der Waals surface area contributed by atoms with Gasteiger partial charge in [0, 0.05) is 55.9 Å². The number of anilines is 1. The molecule has 0 unspecified atom stereocenters. The van der Waals surface area contributed by atoms with E-state index in [1.54, 1.807) is 11.3 Å². The Morgan fingerprint density at radius 2 is 2.00 bits per heavy atom. The lowest BCUT2D eigenvalue weighted by atomic mass is 10.1. The second kappa shape index (κ2) is 7.77. The molecule has 0 aliphatic carbocycles. The van der Waals surface area contributed by atoms with Crippen LogP contribution in [-0.4, -0.2) is 46.9 Å². The number of nitrogen functional groups attached to an aromatic ring is 1. The van der Waals surface area contributed by atoms with Crippen LogP contribution in [0.2, 0.25) is 0 Å². The second-order valence-corrected chi connectivity index (χ2v) is 7.52. The van der Waals surface area contributed by atoms with E-state index < -0.39 is 0 Å². The first kappa shape index (κ1) is 16.9. The van der Waals surface area contributed by atoms with Crippen LogP contribution in [0.5, 0.6) is 0 Å². The zero-order chi connectivity index (χ0) is 16.9. The average molecular weight is 344 g/mol. The van der Waals surface area contributed by atoms with Gasteiger partial charge in [-0.1, -0.05) is 18.2 Å². The van der Waals surface area contributed by atoms with Crippen LogP contribution in [-0.2, 0) is 17.8 Å². The monoisotopic (exact) mass is 344 g/mol. The van der Waals surface area contributed by atoms with Crippen LogP contribution in [0.1, 0.15) is 21.9 Å². The lowest BCUT2D eigenvalue weighted by molar-refractivity contribution is -0.132. The Balaban J connectivity index is 1.44. The van der Waals surface area contributed by atoms with Crippen LogP contribution in [0.4, 0.5) is 5.69 Å². The largest absolute Gasteiger partial charge is 0.399 e. The third-order valence-corrected chi connectivity index (χ3v) is 5.33. The molecule has 0 spiro atoms. The number of carbonyl (C=O) groups excluding carboxylic acids is 1. The number of carbonyl (C=O) groups is 1. The van der Waals surface area contributed by atoms with Gasteiger partial charge >= 0.3 is 0 Å². The van der Waals surface area contributed by atoms with Crippen LogP contribution < -0.4 is 5.73 Å². The Morgan fingerprint density at radius 3 is 2.67 bits per heavy atom. The maximum atomic E-state index is 12.4. The topological polar surface area (TPSA) is 62.5 Å². The zero-order valence-corrected chi connectivity index (χ0v) is 14.9. The summed E-state index contributed by atoms with van der Waals surface area (Å²) in [7, 11) is 0. The summed E-state index contributed by atoms with van der Waals surface area (Å²) >= 11 is 1.75. The number of aryl methyl sites for hydroxylation is 2. The van der Waals surface area contributed by atoms with Crippen LogP contribution in [0.25, 0.3) is 0 Å². The molecule has 0 atom stereocenters. The Hall–Kier alpha value is -1.92. The zero-order valence-electron chi connectivity index (χ0n) is 14.1. The van der Waals surface area contributed by atoms with Gasteiger partial charge in [-0.25, -0.2) is 4.98 Å². The minimum Gasteiger partial charge on any atom is -0.399 e. The highest BCUT2D eigenvalue weighted by Gasteiger charge is 2.21. The molecule has 0 radical (unpaired) electrons. The molecule has 2 heterocycles. The first-order chi connectivity index (χ1) is 11.6. The number of para-hydroxylation sites is 1. The van der Waals surface area contributed by atoms with E-state index in [-0.39, 0.29) is 5.91 Å². The molecule has 1 aliphatic rings. The van der Waals surface area contributed by atoms with E-state index in [1.807, 2.05) is 42.3 Å². The van der Waals surface area contributed by atoms with Crippen molar-refractivity contribution in [2.24, 2.45) is 0 Å². The van der Waals surface area contributed by atoms with Gasteiger partial charge in [-0.05, 0) is 25.0 Å². The molecule has 3 rings (SSSR count). The highest BCUT2D eigenvalue weighted by atomic mass is 32.1. The first-order valence-corrected chi connectivity index (χ1v) is 9.18. The van der Waals surface area contributed by atoms with Crippen LogP contribution in [0.3, 0.4) is 0 Å². The van der Waals surface area contributed by atoms with Crippen molar-refractivity contribution >= 4 is 22.9 Å². The Kier molecular flexibility index (Phi) is 5.48. The van der Waals surface area contributed by atoms with Gasteiger partial charge in [-0.15, -0.1) is 11.3 Å². The van der Waals surface area contributed by atoms with E-state index in [0.29, 0.717) is 12.8 Å². The number of benzene rings is 1. The van der Waals surface area contributed by atoms with Gasteiger partial charge in [-0.2, -0.15) is 0 Å². The molecule has 0 saturated carbocycles. The molecule has 6 heteroatoms. The van der Waals surface area contributed by atoms with Crippen molar-refractivity contribution in [1.82, 2.24) is 14.8 Å². The van der Waals surface area contributed by atoms with Gasteiger partial charge in [0.05, 0.1) is 5.01 Å². The summed E-state index contributed by atoms with van der Waals surface area (Å²) in [6.07, 6.45) is 3.20. The number of rotatable bonds is 5. The summed E-state index contributed by atoms with van der Waals surface area (Å²) in [5.41, 5.74) is 7.78. The summed E-state index contributed by atoms with van der Waals surface area (Å²) in [5.74, 6) is 0.228. The number of amides is 1. The molecule has 1 aliphatic heterocycles. The summed E-state index contributed by atoms with van der Waals surface area (Å²) in [5, 5.41) is 1.11. The molecule has 2 N–H and O–H groups in total. The minimum absolute atomic E-state index is 0.228. The van der Waals surface area contributed by atoms with Crippen molar-refractivity contribution in [3.05, 3.63) is 45.9 Å². The van der Waals surface area contributed by atoms with Crippen molar-refractivity contribution in [3.8, 4) is 0 Å². The first-order valence-electron chi connectivity index (χ1n) is 8.36. The number of hydrogen-bond acceptors (Lipinski definition) is 5. The molecule has 1 aromatic carbocycles. The summed E-state index contributed by atoms with van der Waals surface area (Å²) < 4.78 is 0. The van der Waals surface area contributed by atoms with Crippen molar-refractivity contribution < 1.29 is 4.79 Å². The highest BCUT2D eigenvalue weighted by Crippen LogP contribution is 2.17. The predicted octanol–water partition coefficient (Wildman–Crippen LogP) is 2.31. The normalized spacial score (nSPS) is 15.6. The number of aromatic nitrogens is 1. The smallest absolute Gasteiger partial charge is 0.222 e. The lowest BCUT2D eigenvalue weighted by Crippen LogP contribution is -2.48. The molecule has 24 heavy (non-hydrogen) atoms. The average Bonchev–Trinajstić information content (AvgIpc) is 2.99. The van der Waals surface area contributed by atoms with E-state index in [1.165, 1.54) is 4.88 Å². The Morgan fingerprint density at radius 1 is 1.25 bits per heavy atom. The van der Waals surface area contributed by atoms with E-state index >= 15 is 0 Å². The summed E-state index contributed by atoms with van der Waals surface area (Å²) in [6.45, 7) is 6.44. The molecule has 5 nitrogen and oxygen atoms in total. The van der Waals surface area contributed by atoms with Crippen molar-refractivity contribution in [1.29, 1.82) is 0 Å². The number of thiazole rings is 1. The van der Waals surface area contributed by atoms with Gasteiger partial charge in [0.1, 0.15) is 0 Å². The molecule has 1 fully saturated rings. The lowest BCUT2D eigenvalue weighted by Gasteiger charge is -2.34. The molecule has 128 valence electrons. The minimum atomic E-state index is 0.228.